The number of hydrogen-bond donors (Lipinski definition) is 3. The number of halogens is 1. The van der Waals surface area contributed by atoms with Crippen LogP contribution >= 0.6 is 11.6 Å². The topological polar surface area (TPSA) is 96.3 Å². The van der Waals surface area contributed by atoms with Crippen LogP contribution < -0.4 is 10.6 Å². The Morgan fingerprint density at radius 2 is 2.05 bits per heavy atom. The van der Waals surface area contributed by atoms with Crippen molar-refractivity contribution in [2.24, 2.45) is 7.05 Å². The molecule has 1 aromatic rings. The highest BCUT2D eigenvalue weighted by atomic mass is 35.5. The maximum Gasteiger partial charge on any atom is 0.328 e. The van der Waals surface area contributed by atoms with Gasteiger partial charge in [-0.2, -0.15) is 5.10 Å². The van der Waals surface area contributed by atoms with E-state index in [0.29, 0.717) is 17.1 Å². The lowest BCUT2D eigenvalue weighted by molar-refractivity contribution is -0.142. The fraction of sp³-hybridized carbons (Fsp3) is 0.583. The van der Waals surface area contributed by atoms with Gasteiger partial charge in [0, 0.05) is 7.05 Å². The Morgan fingerprint density at radius 3 is 2.50 bits per heavy atom. The molecule has 2 amide bonds. The second kappa shape index (κ2) is 6.13. The average molecular weight is 303 g/mol. The molecular formula is C12H19ClN4O3. The van der Waals surface area contributed by atoms with Gasteiger partial charge >= 0.3 is 12.0 Å². The second-order valence-electron chi connectivity index (χ2n) is 4.92. The average Bonchev–Trinajstić information content (AvgIpc) is 2.61. The standard InChI is InChI=1S/C12H19ClN4O3/c1-5-7-9(13)8(17(4)16-7)6-14-11(20)15-12(2,3)10(18)19/h5-6H2,1-4H3,(H,18,19)(H2,14,15,20). The Balaban J connectivity index is 2.67. The number of aromatic nitrogens is 2. The zero-order valence-electron chi connectivity index (χ0n) is 12.0. The van der Waals surface area contributed by atoms with E-state index in [1.165, 1.54) is 13.8 Å². The molecule has 1 heterocycles. The Kier molecular flexibility index (Phi) is 4.99. The quantitative estimate of drug-likeness (QED) is 0.764. The zero-order chi connectivity index (χ0) is 15.5. The molecule has 20 heavy (non-hydrogen) atoms. The van der Waals surface area contributed by atoms with E-state index in [0.717, 1.165) is 5.69 Å². The highest BCUT2D eigenvalue weighted by molar-refractivity contribution is 6.31. The first kappa shape index (κ1) is 16.3. The van der Waals surface area contributed by atoms with Gasteiger partial charge in [-0.3, -0.25) is 4.68 Å². The number of carboxylic acid groups (broad SMARTS) is 1. The van der Waals surface area contributed by atoms with E-state index in [9.17, 15) is 9.59 Å². The van der Waals surface area contributed by atoms with Gasteiger partial charge < -0.3 is 15.7 Å². The van der Waals surface area contributed by atoms with E-state index in [1.807, 2.05) is 6.92 Å². The van der Waals surface area contributed by atoms with Gasteiger partial charge in [0.1, 0.15) is 5.54 Å². The lowest BCUT2D eigenvalue weighted by atomic mass is 10.1. The molecule has 0 aromatic carbocycles. The maximum absolute atomic E-state index is 11.7. The molecule has 0 fully saturated rings. The minimum absolute atomic E-state index is 0.171. The second-order valence-corrected chi connectivity index (χ2v) is 5.30. The number of rotatable bonds is 5. The molecule has 1 aromatic heterocycles. The third-order valence-corrected chi connectivity index (χ3v) is 3.32. The number of nitrogens with one attached hydrogen (secondary N) is 2. The summed E-state index contributed by atoms with van der Waals surface area (Å²) in [5.41, 5.74) is 0.0959. The molecule has 0 saturated carbocycles. The van der Waals surface area contributed by atoms with Crippen LogP contribution in [0.25, 0.3) is 0 Å². The van der Waals surface area contributed by atoms with Crippen LogP contribution in [0.15, 0.2) is 0 Å². The Bertz CT molecular complexity index is 525. The predicted molar refractivity (Wildman–Crippen MR) is 74.7 cm³/mol. The number of nitrogens with zero attached hydrogens (tertiary/aromatic N) is 2. The van der Waals surface area contributed by atoms with Crippen molar-refractivity contribution in [2.45, 2.75) is 39.3 Å². The molecule has 112 valence electrons. The minimum atomic E-state index is -1.34. The van der Waals surface area contributed by atoms with Gasteiger partial charge in [0.2, 0.25) is 0 Å². The summed E-state index contributed by atoms with van der Waals surface area (Å²) in [4.78, 5) is 22.6. The lowest BCUT2D eigenvalue weighted by Gasteiger charge is -2.21. The normalized spacial score (nSPS) is 11.2. The Morgan fingerprint density at radius 1 is 1.45 bits per heavy atom. The van der Waals surface area contributed by atoms with Crippen molar-refractivity contribution in [2.75, 3.05) is 0 Å². The number of amides is 2. The molecule has 0 bridgehead atoms. The number of carboxylic acids is 1. The van der Waals surface area contributed by atoms with Crippen molar-refractivity contribution in [3.8, 4) is 0 Å². The lowest BCUT2D eigenvalue weighted by Crippen LogP contribution is -2.53. The van der Waals surface area contributed by atoms with Gasteiger partial charge in [-0.25, -0.2) is 9.59 Å². The van der Waals surface area contributed by atoms with Gasteiger partial charge in [0.15, 0.2) is 0 Å². The first-order valence-corrected chi connectivity index (χ1v) is 6.56. The highest BCUT2D eigenvalue weighted by Crippen LogP contribution is 2.20. The van der Waals surface area contributed by atoms with Crippen LogP contribution in [-0.2, 0) is 24.8 Å². The molecule has 8 heteroatoms. The summed E-state index contributed by atoms with van der Waals surface area (Å²) in [6.45, 7) is 4.92. The van der Waals surface area contributed by atoms with Crippen LogP contribution in [0.2, 0.25) is 5.02 Å². The van der Waals surface area contributed by atoms with Crippen molar-refractivity contribution >= 4 is 23.6 Å². The van der Waals surface area contributed by atoms with Crippen LogP contribution in [0.5, 0.6) is 0 Å². The summed E-state index contributed by atoms with van der Waals surface area (Å²) < 4.78 is 1.60. The molecule has 1 rings (SSSR count). The predicted octanol–water partition coefficient (Wildman–Crippen LogP) is 1.30. The molecule has 0 aliphatic carbocycles. The Labute approximate surface area is 122 Å². The van der Waals surface area contributed by atoms with Crippen LogP contribution in [-0.4, -0.2) is 32.4 Å². The first-order chi connectivity index (χ1) is 9.19. The maximum atomic E-state index is 11.7. The van der Waals surface area contributed by atoms with Crippen LogP contribution in [0.4, 0.5) is 4.79 Å². The zero-order valence-corrected chi connectivity index (χ0v) is 12.7. The number of carbonyl (C=O) groups excluding carboxylic acids is 1. The molecular weight excluding hydrogens is 284 g/mol. The molecule has 7 nitrogen and oxygen atoms in total. The Hall–Kier alpha value is -1.76. The van der Waals surface area contributed by atoms with E-state index in [-0.39, 0.29) is 6.54 Å². The highest BCUT2D eigenvalue weighted by Gasteiger charge is 2.29. The summed E-state index contributed by atoms with van der Waals surface area (Å²) >= 11 is 6.15. The molecule has 0 spiro atoms. The third kappa shape index (κ3) is 3.63. The van der Waals surface area contributed by atoms with Crippen molar-refractivity contribution in [1.29, 1.82) is 0 Å². The largest absolute Gasteiger partial charge is 0.480 e. The molecule has 0 atom stereocenters. The van der Waals surface area contributed by atoms with Crippen molar-refractivity contribution in [1.82, 2.24) is 20.4 Å². The van der Waals surface area contributed by atoms with Gasteiger partial charge in [-0.1, -0.05) is 18.5 Å². The van der Waals surface area contributed by atoms with E-state index < -0.39 is 17.5 Å². The SMILES string of the molecule is CCc1nn(C)c(CNC(=O)NC(C)(C)C(=O)O)c1Cl. The number of hydrogen-bond acceptors (Lipinski definition) is 3. The van der Waals surface area contributed by atoms with Crippen LogP contribution in [0.1, 0.15) is 32.2 Å². The van der Waals surface area contributed by atoms with E-state index in [1.54, 1.807) is 11.7 Å². The van der Waals surface area contributed by atoms with E-state index in [2.05, 4.69) is 15.7 Å². The summed E-state index contributed by atoms with van der Waals surface area (Å²) in [6, 6.07) is -0.576. The number of urea groups is 1. The molecule has 0 saturated heterocycles. The monoisotopic (exact) mass is 302 g/mol. The van der Waals surface area contributed by atoms with Crippen molar-refractivity contribution in [3.63, 3.8) is 0 Å². The molecule has 0 aliphatic rings. The fourth-order valence-corrected chi connectivity index (χ4v) is 1.92. The van der Waals surface area contributed by atoms with E-state index >= 15 is 0 Å². The van der Waals surface area contributed by atoms with Crippen molar-refractivity contribution in [3.05, 3.63) is 16.4 Å². The van der Waals surface area contributed by atoms with Crippen LogP contribution in [0, 0.1) is 0 Å². The molecule has 3 N–H and O–H groups in total. The van der Waals surface area contributed by atoms with E-state index in [4.69, 9.17) is 16.7 Å². The van der Waals surface area contributed by atoms with Gasteiger partial charge in [-0.05, 0) is 20.3 Å². The van der Waals surface area contributed by atoms with Gasteiger partial charge in [-0.15, -0.1) is 0 Å². The third-order valence-electron chi connectivity index (χ3n) is 2.88. The fourth-order valence-electron chi connectivity index (χ4n) is 1.56. The summed E-state index contributed by atoms with van der Waals surface area (Å²) in [5.74, 6) is -1.11. The van der Waals surface area contributed by atoms with Gasteiger partial charge in [0.25, 0.3) is 0 Å². The van der Waals surface area contributed by atoms with Crippen LogP contribution in [0.3, 0.4) is 0 Å². The summed E-state index contributed by atoms with van der Waals surface area (Å²) in [6.07, 6.45) is 0.699. The molecule has 0 unspecified atom stereocenters. The first-order valence-electron chi connectivity index (χ1n) is 6.18. The summed E-state index contributed by atoms with van der Waals surface area (Å²) in [5, 5.41) is 18.6. The number of carbonyl (C=O) groups is 2. The minimum Gasteiger partial charge on any atom is -0.480 e. The van der Waals surface area contributed by atoms with Crippen molar-refractivity contribution < 1.29 is 14.7 Å². The smallest absolute Gasteiger partial charge is 0.328 e. The number of aryl methyl sites for hydroxylation is 2. The van der Waals surface area contributed by atoms with Gasteiger partial charge in [0.05, 0.1) is 23.0 Å². The summed E-state index contributed by atoms with van der Waals surface area (Å²) in [7, 11) is 1.74. The molecule has 0 aliphatic heterocycles. The number of aliphatic carboxylic acids is 1. The molecule has 0 radical (unpaired) electrons.